The summed E-state index contributed by atoms with van der Waals surface area (Å²) < 4.78 is 11.1. The minimum atomic E-state index is -0.100. The molecule has 222 valence electrons. The summed E-state index contributed by atoms with van der Waals surface area (Å²) in [5.74, 6) is 1.18. The van der Waals surface area contributed by atoms with Gasteiger partial charge in [-0.05, 0) is 88.5 Å². The molecule has 0 bridgehead atoms. The highest BCUT2D eigenvalue weighted by Gasteiger charge is 2.33. The average molecular weight is 563 g/mol. The largest absolute Gasteiger partial charge is 0.403 e. The van der Waals surface area contributed by atoms with Crippen LogP contribution in [-0.4, -0.2) is 54.1 Å². The summed E-state index contributed by atoms with van der Waals surface area (Å²) in [7, 11) is 1.64. The van der Waals surface area contributed by atoms with Gasteiger partial charge in [0.05, 0.1) is 42.3 Å². The van der Waals surface area contributed by atoms with Gasteiger partial charge in [-0.2, -0.15) is 0 Å². The van der Waals surface area contributed by atoms with E-state index in [0.29, 0.717) is 43.2 Å². The SMILES string of the molecule is COCCN=CC(=CN)Nc1nccc(-c2ccc3c(c2)CCCCC3NC(=O)CCC2CC(OC(C)(C)C)C2)n1. The van der Waals surface area contributed by atoms with E-state index in [1.807, 2.05) is 6.07 Å². The van der Waals surface area contributed by atoms with Crippen molar-refractivity contribution in [3.63, 3.8) is 0 Å². The number of ether oxygens (including phenoxy) is 2. The maximum absolute atomic E-state index is 12.9. The molecule has 2 aromatic rings. The number of carbonyl (C=O) groups is 1. The summed E-state index contributed by atoms with van der Waals surface area (Å²) in [5.41, 5.74) is 10.6. The molecule has 2 aliphatic carbocycles. The molecule has 9 nitrogen and oxygen atoms in total. The first-order valence-corrected chi connectivity index (χ1v) is 14.8. The molecule has 1 atom stereocenters. The van der Waals surface area contributed by atoms with Crippen molar-refractivity contribution in [2.75, 3.05) is 25.6 Å². The summed E-state index contributed by atoms with van der Waals surface area (Å²) >= 11 is 0. The van der Waals surface area contributed by atoms with E-state index in [1.165, 1.54) is 17.3 Å². The number of amides is 1. The third-order valence-electron chi connectivity index (χ3n) is 7.58. The van der Waals surface area contributed by atoms with Crippen LogP contribution >= 0.6 is 0 Å². The Labute approximate surface area is 244 Å². The van der Waals surface area contributed by atoms with E-state index < -0.39 is 0 Å². The Kier molecular flexibility index (Phi) is 10.9. The first-order chi connectivity index (χ1) is 19.7. The number of hydrogen-bond acceptors (Lipinski definition) is 8. The normalized spacial score (nSPS) is 21.2. The number of allylic oxidation sites excluding steroid dienone is 1. The standard InChI is InChI=1S/C32H46N6O3/c1-32(2,3)41-26-17-22(18-26)9-12-30(39)37-29-8-6-5-7-23-19-24(10-11-27(23)29)28-13-14-35-31(38-28)36-25(20-33)21-34-15-16-40-4/h10-11,13-14,19-22,26,29H,5-9,12,15-18,33H2,1-4H3,(H,37,39)(H,35,36,38). The van der Waals surface area contributed by atoms with E-state index in [2.05, 4.69) is 59.6 Å². The number of hydrogen-bond donors (Lipinski definition) is 3. The Bertz CT molecular complexity index is 1220. The van der Waals surface area contributed by atoms with Gasteiger partial charge >= 0.3 is 0 Å². The molecule has 1 heterocycles. The number of nitrogens with one attached hydrogen (secondary N) is 2. The molecule has 9 heteroatoms. The molecule has 41 heavy (non-hydrogen) atoms. The average Bonchev–Trinajstić information content (AvgIpc) is 3.12. The maximum atomic E-state index is 12.9. The molecule has 1 unspecified atom stereocenters. The van der Waals surface area contributed by atoms with Gasteiger partial charge in [-0.3, -0.25) is 9.79 Å². The first-order valence-electron chi connectivity index (χ1n) is 14.8. The summed E-state index contributed by atoms with van der Waals surface area (Å²) in [4.78, 5) is 26.3. The molecule has 1 aromatic carbocycles. The number of aliphatic imine (C=N–C) groups is 1. The predicted molar refractivity (Wildman–Crippen MR) is 164 cm³/mol. The van der Waals surface area contributed by atoms with Gasteiger partial charge in [-0.25, -0.2) is 9.97 Å². The highest BCUT2D eigenvalue weighted by atomic mass is 16.5. The zero-order chi connectivity index (χ0) is 29.2. The molecule has 0 spiro atoms. The van der Waals surface area contributed by atoms with Crippen LogP contribution in [0.15, 0.2) is 47.4 Å². The Morgan fingerprint density at radius 2 is 2.05 bits per heavy atom. The van der Waals surface area contributed by atoms with Crippen molar-refractivity contribution in [1.82, 2.24) is 15.3 Å². The van der Waals surface area contributed by atoms with Gasteiger partial charge in [-0.15, -0.1) is 0 Å². The van der Waals surface area contributed by atoms with Gasteiger partial charge < -0.3 is 25.8 Å². The van der Waals surface area contributed by atoms with Gasteiger partial charge in [0.15, 0.2) is 0 Å². The quantitative estimate of drug-likeness (QED) is 0.181. The second kappa shape index (κ2) is 14.5. The number of rotatable bonds is 12. The minimum Gasteiger partial charge on any atom is -0.403 e. The van der Waals surface area contributed by atoms with Crippen LogP contribution in [-0.2, 0) is 20.7 Å². The van der Waals surface area contributed by atoms with Crippen LogP contribution in [0.5, 0.6) is 0 Å². The lowest BCUT2D eigenvalue weighted by Crippen LogP contribution is -2.38. The lowest BCUT2D eigenvalue weighted by atomic mass is 9.79. The van der Waals surface area contributed by atoms with Crippen LogP contribution < -0.4 is 16.4 Å². The molecule has 0 radical (unpaired) electrons. The Morgan fingerprint density at radius 1 is 1.22 bits per heavy atom. The van der Waals surface area contributed by atoms with E-state index in [9.17, 15) is 4.79 Å². The van der Waals surface area contributed by atoms with Crippen molar-refractivity contribution in [1.29, 1.82) is 0 Å². The lowest BCUT2D eigenvalue weighted by Gasteiger charge is -2.39. The molecule has 0 aliphatic heterocycles. The maximum Gasteiger partial charge on any atom is 0.227 e. The molecular weight excluding hydrogens is 516 g/mol. The van der Waals surface area contributed by atoms with Crippen LogP contribution in [0.1, 0.15) is 82.9 Å². The van der Waals surface area contributed by atoms with Crippen molar-refractivity contribution in [2.45, 2.75) is 89.9 Å². The number of anilines is 1. The second-order valence-corrected chi connectivity index (χ2v) is 12.0. The van der Waals surface area contributed by atoms with E-state index in [1.54, 1.807) is 19.5 Å². The fraction of sp³-hybridized carbons (Fsp3) is 0.562. The number of aryl methyl sites for hydroxylation is 1. The zero-order valence-corrected chi connectivity index (χ0v) is 25.0. The molecule has 1 aromatic heterocycles. The number of fused-ring (bicyclic) bond motifs is 1. The molecule has 4 N–H and O–H groups in total. The van der Waals surface area contributed by atoms with Gasteiger partial charge in [0, 0.05) is 37.7 Å². The highest BCUT2D eigenvalue weighted by molar-refractivity contribution is 5.82. The number of methoxy groups -OCH3 is 1. The highest BCUT2D eigenvalue weighted by Crippen LogP contribution is 2.36. The van der Waals surface area contributed by atoms with Gasteiger partial charge in [0.2, 0.25) is 11.9 Å². The Morgan fingerprint density at radius 3 is 2.80 bits per heavy atom. The van der Waals surface area contributed by atoms with Crippen LogP contribution in [0.4, 0.5) is 5.95 Å². The van der Waals surface area contributed by atoms with Crippen LogP contribution in [0, 0.1) is 5.92 Å². The predicted octanol–water partition coefficient (Wildman–Crippen LogP) is 5.33. The van der Waals surface area contributed by atoms with Crippen LogP contribution in [0.2, 0.25) is 0 Å². The van der Waals surface area contributed by atoms with Crippen molar-refractivity contribution in [2.24, 2.45) is 16.6 Å². The second-order valence-electron chi connectivity index (χ2n) is 12.0. The molecular formula is C32H46N6O3. The van der Waals surface area contributed by atoms with E-state index in [4.69, 9.17) is 20.2 Å². The Balaban J connectivity index is 1.36. The van der Waals surface area contributed by atoms with E-state index in [-0.39, 0.29) is 17.6 Å². The third-order valence-corrected chi connectivity index (χ3v) is 7.58. The first kappa shape index (κ1) is 30.7. The van der Waals surface area contributed by atoms with E-state index in [0.717, 1.165) is 56.2 Å². The fourth-order valence-electron chi connectivity index (χ4n) is 5.53. The summed E-state index contributed by atoms with van der Waals surface area (Å²) in [6.07, 6.45) is 12.9. The van der Waals surface area contributed by atoms with Crippen molar-refractivity contribution in [3.05, 3.63) is 53.5 Å². The van der Waals surface area contributed by atoms with Crippen molar-refractivity contribution in [3.8, 4) is 11.3 Å². The molecule has 1 amide bonds. The molecule has 4 rings (SSSR count). The third kappa shape index (κ3) is 9.36. The number of carbonyl (C=O) groups excluding carboxylic acids is 1. The van der Waals surface area contributed by atoms with Gasteiger partial charge in [0.25, 0.3) is 0 Å². The van der Waals surface area contributed by atoms with Crippen LogP contribution in [0.3, 0.4) is 0 Å². The molecule has 2 aliphatic rings. The smallest absolute Gasteiger partial charge is 0.227 e. The summed E-state index contributed by atoms with van der Waals surface area (Å²) in [6.45, 7) is 7.38. The monoisotopic (exact) mass is 562 g/mol. The van der Waals surface area contributed by atoms with Crippen LogP contribution in [0.25, 0.3) is 11.3 Å². The topological polar surface area (TPSA) is 124 Å². The van der Waals surface area contributed by atoms with E-state index >= 15 is 0 Å². The minimum absolute atomic E-state index is 0.0460. The number of aromatic nitrogens is 2. The van der Waals surface area contributed by atoms with Crippen molar-refractivity contribution >= 4 is 18.1 Å². The lowest BCUT2D eigenvalue weighted by molar-refractivity contribution is -0.125. The van der Waals surface area contributed by atoms with Crippen molar-refractivity contribution < 1.29 is 14.3 Å². The molecule has 1 saturated carbocycles. The van der Waals surface area contributed by atoms with Gasteiger partial charge in [-0.1, -0.05) is 18.6 Å². The summed E-state index contributed by atoms with van der Waals surface area (Å²) in [5, 5.41) is 6.47. The number of nitrogens with zero attached hydrogens (tertiary/aromatic N) is 3. The zero-order valence-electron chi connectivity index (χ0n) is 25.0. The Hall–Kier alpha value is -3.30. The molecule has 0 saturated heterocycles. The molecule has 1 fully saturated rings. The summed E-state index contributed by atoms with van der Waals surface area (Å²) in [6, 6.07) is 8.40. The fourth-order valence-corrected chi connectivity index (χ4v) is 5.53. The number of nitrogens with two attached hydrogens (primary N) is 1. The number of benzene rings is 1. The van der Waals surface area contributed by atoms with Gasteiger partial charge in [0.1, 0.15) is 0 Å².